The molecule has 4 unspecified atom stereocenters. The third-order valence-corrected chi connectivity index (χ3v) is 7.35. The number of hydrogen-bond donors (Lipinski definition) is 3. The average molecular weight is 386 g/mol. The summed E-state index contributed by atoms with van der Waals surface area (Å²) in [6.07, 6.45) is 2.43. The molecule has 0 radical (unpaired) electrons. The molecule has 1 aliphatic heterocycles. The van der Waals surface area contributed by atoms with Crippen LogP contribution in [0.5, 0.6) is 5.75 Å². The summed E-state index contributed by atoms with van der Waals surface area (Å²) in [6.45, 7) is 4.41. The minimum absolute atomic E-state index is 0.0237. The Morgan fingerprint density at radius 3 is 2.79 bits per heavy atom. The highest BCUT2D eigenvalue weighted by atomic mass is 16.3. The molecule has 0 aromatic heterocycles. The van der Waals surface area contributed by atoms with Gasteiger partial charge >= 0.3 is 0 Å². The summed E-state index contributed by atoms with van der Waals surface area (Å²) in [5, 5.41) is 25.1. The second kappa shape index (κ2) is 6.56. The predicted molar refractivity (Wildman–Crippen MR) is 105 cm³/mol. The van der Waals surface area contributed by atoms with Crippen molar-refractivity contribution in [3.05, 3.63) is 29.3 Å². The van der Waals surface area contributed by atoms with E-state index in [-0.39, 0.29) is 35.8 Å². The fraction of sp³-hybridized carbons (Fsp3) is 0.636. The Balaban J connectivity index is 1.80. The van der Waals surface area contributed by atoms with Gasteiger partial charge < -0.3 is 20.4 Å². The first-order valence-electron chi connectivity index (χ1n) is 10.3. The normalized spacial score (nSPS) is 35.1. The Hall–Kier alpha value is -1.92. The topological polar surface area (TPSA) is 89.9 Å². The van der Waals surface area contributed by atoms with Crippen molar-refractivity contribution >= 4 is 11.7 Å². The Morgan fingerprint density at radius 1 is 1.32 bits per heavy atom. The highest BCUT2D eigenvalue weighted by Gasteiger charge is 2.64. The van der Waals surface area contributed by atoms with Crippen LogP contribution in [0.15, 0.2) is 18.2 Å². The molecule has 1 heterocycles. The molecule has 2 bridgehead atoms. The lowest BCUT2D eigenvalue weighted by molar-refractivity contribution is -0.149. The zero-order chi connectivity index (χ0) is 20.3. The van der Waals surface area contributed by atoms with Crippen LogP contribution in [0.2, 0.25) is 0 Å². The van der Waals surface area contributed by atoms with Crippen LogP contribution in [0, 0.1) is 5.92 Å². The summed E-state index contributed by atoms with van der Waals surface area (Å²) >= 11 is 0. The molecular weight excluding hydrogens is 356 g/mol. The third-order valence-electron chi connectivity index (χ3n) is 7.35. The second-order valence-corrected chi connectivity index (χ2v) is 9.20. The number of aromatic hydroxyl groups is 1. The number of rotatable bonds is 2. The molecule has 1 aromatic carbocycles. The van der Waals surface area contributed by atoms with Crippen molar-refractivity contribution in [1.82, 2.24) is 10.2 Å². The van der Waals surface area contributed by atoms with E-state index in [1.165, 1.54) is 0 Å². The summed E-state index contributed by atoms with van der Waals surface area (Å²) < 4.78 is 0. The van der Waals surface area contributed by atoms with Crippen LogP contribution in [0.3, 0.4) is 0 Å². The van der Waals surface area contributed by atoms with Gasteiger partial charge in [-0.15, -0.1) is 0 Å². The first-order chi connectivity index (χ1) is 13.2. The highest BCUT2D eigenvalue weighted by molar-refractivity contribution is 5.91. The zero-order valence-corrected chi connectivity index (χ0v) is 16.9. The number of Topliss-reactive ketones (excluding diaryl/α,β-unsaturated/α-hetero) is 1. The Bertz CT molecular complexity index is 823. The Kier molecular flexibility index (Phi) is 4.55. The molecule has 1 amide bonds. The van der Waals surface area contributed by atoms with E-state index in [0.717, 1.165) is 17.7 Å². The number of phenolic OH excluding ortho intramolecular Hbond substituents is 1. The first kappa shape index (κ1) is 19.4. The van der Waals surface area contributed by atoms with Crippen LogP contribution in [0.25, 0.3) is 0 Å². The first-order valence-corrected chi connectivity index (χ1v) is 10.3. The fourth-order valence-corrected chi connectivity index (χ4v) is 5.69. The number of fused-ring (bicyclic) bond motifs is 1. The second-order valence-electron chi connectivity index (χ2n) is 9.20. The lowest BCUT2D eigenvalue weighted by Crippen LogP contribution is -2.70. The van der Waals surface area contributed by atoms with Crippen molar-refractivity contribution in [2.45, 2.75) is 69.1 Å². The van der Waals surface area contributed by atoms with Gasteiger partial charge in [-0.25, -0.2) is 0 Å². The van der Waals surface area contributed by atoms with Gasteiger partial charge in [0.05, 0.1) is 11.6 Å². The molecule has 4 atom stereocenters. The van der Waals surface area contributed by atoms with Gasteiger partial charge in [0.2, 0.25) is 5.91 Å². The quantitative estimate of drug-likeness (QED) is 0.717. The van der Waals surface area contributed by atoms with Gasteiger partial charge in [-0.2, -0.15) is 0 Å². The SMILES string of the molecule is CC(C)C(=O)NC1CCC2(O)C3Cc4ccc(O)cc4C2(CCN3C)CC1=O. The van der Waals surface area contributed by atoms with Crippen LogP contribution >= 0.6 is 0 Å². The minimum atomic E-state index is -1.06. The standard InChI is InChI=1S/C22H30N2O4/c1-13(2)20(27)23-17-6-7-22(28)19-10-14-4-5-15(25)11-16(14)21(22,12-18(17)26)8-9-24(19)3/h4-5,11,13,17,19,25,28H,6-10,12H2,1-3H3,(H,23,27). The molecular formula is C22H30N2O4. The Morgan fingerprint density at radius 2 is 2.07 bits per heavy atom. The molecule has 0 spiro atoms. The van der Waals surface area contributed by atoms with Crippen LogP contribution in [0.4, 0.5) is 0 Å². The van der Waals surface area contributed by atoms with E-state index in [0.29, 0.717) is 25.7 Å². The number of piperidine rings is 1. The molecule has 2 fully saturated rings. The molecule has 28 heavy (non-hydrogen) atoms. The molecule has 3 N–H and O–H groups in total. The number of likely N-dealkylation sites (N-methyl/N-ethyl adjacent to an activating group) is 1. The van der Waals surface area contributed by atoms with Gasteiger partial charge in [0.25, 0.3) is 0 Å². The maximum absolute atomic E-state index is 13.2. The maximum atomic E-state index is 13.2. The van der Waals surface area contributed by atoms with E-state index < -0.39 is 17.1 Å². The highest BCUT2D eigenvalue weighted by Crippen LogP contribution is 2.56. The molecule has 3 aliphatic rings. The van der Waals surface area contributed by atoms with E-state index in [4.69, 9.17) is 0 Å². The van der Waals surface area contributed by atoms with Crippen molar-refractivity contribution in [3.63, 3.8) is 0 Å². The summed E-state index contributed by atoms with van der Waals surface area (Å²) in [6, 6.07) is 4.70. The number of carbonyl (C=O) groups excluding carboxylic acids is 2. The third kappa shape index (κ3) is 2.69. The van der Waals surface area contributed by atoms with Crippen molar-refractivity contribution in [2.24, 2.45) is 5.92 Å². The van der Waals surface area contributed by atoms with Crippen molar-refractivity contribution in [2.75, 3.05) is 13.6 Å². The summed E-state index contributed by atoms with van der Waals surface area (Å²) in [5.41, 5.74) is 0.221. The smallest absolute Gasteiger partial charge is 0.223 e. The zero-order valence-electron chi connectivity index (χ0n) is 16.9. The molecule has 6 heteroatoms. The number of aliphatic hydroxyl groups is 1. The molecule has 4 rings (SSSR count). The molecule has 2 aliphatic carbocycles. The van der Waals surface area contributed by atoms with E-state index in [2.05, 4.69) is 10.2 Å². The number of phenols is 1. The summed E-state index contributed by atoms with van der Waals surface area (Å²) in [5.74, 6) is -0.188. The van der Waals surface area contributed by atoms with Gasteiger partial charge in [-0.3, -0.25) is 9.59 Å². The largest absolute Gasteiger partial charge is 0.508 e. The maximum Gasteiger partial charge on any atom is 0.223 e. The lowest BCUT2D eigenvalue weighted by Gasteiger charge is -2.60. The van der Waals surface area contributed by atoms with Crippen LogP contribution in [-0.2, 0) is 21.4 Å². The molecule has 6 nitrogen and oxygen atoms in total. The van der Waals surface area contributed by atoms with Gasteiger partial charge in [-0.05, 0) is 62.5 Å². The molecule has 1 saturated heterocycles. The number of nitrogens with zero attached hydrogens (tertiary/aromatic N) is 1. The fourth-order valence-electron chi connectivity index (χ4n) is 5.69. The van der Waals surface area contributed by atoms with Gasteiger partial charge in [0, 0.05) is 23.8 Å². The number of ketones is 1. The molecule has 1 saturated carbocycles. The van der Waals surface area contributed by atoms with Crippen molar-refractivity contribution in [3.8, 4) is 5.75 Å². The van der Waals surface area contributed by atoms with Crippen molar-refractivity contribution in [1.29, 1.82) is 0 Å². The van der Waals surface area contributed by atoms with Crippen LogP contribution < -0.4 is 5.32 Å². The van der Waals surface area contributed by atoms with Gasteiger partial charge in [-0.1, -0.05) is 19.9 Å². The number of likely N-dealkylation sites (tertiary alicyclic amines) is 1. The van der Waals surface area contributed by atoms with E-state index in [1.807, 2.05) is 27.0 Å². The summed E-state index contributed by atoms with van der Waals surface area (Å²) in [7, 11) is 2.03. The molecule has 152 valence electrons. The number of nitrogens with one attached hydrogen (secondary N) is 1. The lowest BCUT2D eigenvalue weighted by atomic mass is 9.52. The van der Waals surface area contributed by atoms with E-state index in [9.17, 15) is 19.8 Å². The van der Waals surface area contributed by atoms with Crippen LogP contribution in [0.1, 0.15) is 50.7 Å². The monoisotopic (exact) mass is 386 g/mol. The van der Waals surface area contributed by atoms with Crippen molar-refractivity contribution < 1.29 is 19.8 Å². The number of benzene rings is 1. The minimum Gasteiger partial charge on any atom is -0.508 e. The summed E-state index contributed by atoms with van der Waals surface area (Å²) in [4.78, 5) is 27.7. The number of amides is 1. The van der Waals surface area contributed by atoms with Gasteiger partial charge in [0.15, 0.2) is 5.78 Å². The van der Waals surface area contributed by atoms with E-state index in [1.54, 1.807) is 12.1 Å². The van der Waals surface area contributed by atoms with E-state index >= 15 is 0 Å². The number of carbonyl (C=O) groups is 2. The Labute approximate surface area is 165 Å². The average Bonchev–Trinajstić information content (AvgIpc) is 2.75. The molecule has 1 aromatic rings. The van der Waals surface area contributed by atoms with Gasteiger partial charge in [0.1, 0.15) is 5.75 Å². The number of hydrogen-bond acceptors (Lipinski definition) is 5. The predicted octanol–water partition coefficient (Wildman–Crippen LogP) is 1.52. The van der Waals surface area contributed by atoms with Crippen LogP contribution in [-0.4, -0.2) is 58.1 Å².